The maximum atomic E-state index is 6.17. The van der Waals surface area contributed by atoms with E-state index >= 15 is 0 Å². The second-order valence-corrected chi connectivity index (χ2v) is 4.63. The van der Waals surface area contributed by atoms with Gasteiger partial charge in [-0.2, -0.15) is 0 Å². The zero-order valence-corrected chi connectivity index (χ0v) is 10.0. The molecule has 1 aliphatic heterocycles. The van der Waals surface area contributed by atoms with Gasteiger partial charge in [0, 0.05) is 17.1 Å². The molecule has 0 amide bonds. The molecule has 88 valence electrons. The van der Waals surface area contributed by atoms with Crippen LogP contribution in [0, 0.1) is 0 Å². The van der Waals surface area contributed by atoms with E-state index in [1.807, 2.05) is 18.2 Å². The standard InChI is InChI=1S/C12H18ClN3/c13-11-6-2-1-5-10(11)12-8-9(15-16-12)4-3-7-14/h1-2,5-6,9,12,15-16H,3-4,7-8,14H2. The van der Waals surface area contributed by atoms with Crippen molar-refractivity contribution in [3.05, 3.63) is 34.9 Å². The minimum atomic E-state index is 0.316. The molecule has 0 aromatic heterocycles. The van der Waals surface area contributed by atoms with Crippen LogP contribution in [0.5, 0.6) is 0 Å². The summed E-state index contributed by atoms with van der Waals surface area (Å²) >= 11 is 6.17. The van der Waals surface area contributed by atoms with Gasteiger partial charge >= 0.3 is 0 Å². The van der Waals surface area contributed by atoms with Gasteiger partial charge in [0.2, 0.25) is 0 Å². The third-order valence-corrected chi connectivity index (χ3v) is 3.36. The highest BCUT2D eigenvalue weighted by atomic mass is 35.5. The summed E-state index contributed by atoms with van der Waals surface area (Å²) in [6.45, 7) is 0.759. The van der Waals surface area contributed by atoms with Crippen LogP contribution < -0.4 is 16.6 Å². The predicted molar refractivity (Wildman–Crippen MR) is 67.2 cm³/mol. The van der Waals surface area contributed by atoms with Crippen molar-refractivity contribution < 1.29 is 0 Å². The summed E-state index contributed by atoms with van der Waals surface area (Å²) in [6, 6.07) is 8.82. The number of nitrogens with two attached hydrogens (primary N) is 1. The molecule has 0 saturated carbocycles. The molecule has 2 atom stereocenters. The molecule has 2 rings (SSSR count). The van der Waals surface area contributed by atoms with Crippen LogP contribution in [0.15, 0.2) is 24.3 Å². The quantitative estimate of drug-likeness (QED) is 0.753. The molecule has 1 aromatic carbocycles. The molecular weight excluding hydrogens is 222 g/mol. The van der Waals surface area contributed by atoms with Crippen LogP contribution in [0.4, 0.5) is 0 Å². The Hall–Kier alpha value is -0.610. The molecule has 3 nitrogen and oxygen atoms in total. The average Bonchev–Trinajstić information content (AvgIpc) is 2.75. The third kappa shape index (κ3) is 2.74. The summed E-state index contributed by atoms with van der Waals surface area (Å²) in [7, 11) is 0. The molecule has 1 fully saturated rings. The fourth-order valence-corrected chi connectivity index (χ4v) is 2.40. The van der Waals surface area contributed by atoms with Gasteiger partial charge in [0.25, 0.3) is 0 Å². The highest BCUT2D eigenvalue weighted by molar-refractivity contribution is 6.31. The van der Waals surface area contributed by atoms with Gasteiger partial charge in [-0.15, -0.1) is 0 Å². The van der Waals surface area contributed by atoms with Crippen molar-refractivity contribution in [1.29, 1.82) is 0 Å². The Kier molecular flexibility index (Phi) is 4.18. The molecule has 1 saturated heterocycles. The smallest absolute Gasteiger partial charge is 0.0492 e. The van der Waals surface area contributed by atoms with Crippen molar-refractivity contribution >= 4 is 11.6 Å². The third-order valence-electron chi connectivity index (χ3n) is 3.02. The van der Waals surface area contributed by atoms with E-state index in [1.54, 1.807) is 0 Å². The summed E-state index contributed by atoms with van der Waals surface area (Å²) in [4.78, 5) is 0. The molecular formula is C12H18ClN3. The van der Waals surface area contributed by atoms with Crippen LogP contribution in [-0.2, 0) is 0 Å². The first kappa shape index (κ1) is 11.9. The molecule has 0 radical (unpaired) electrons. The number of rotatable bonds is 4. The summed E-state index contributed by atoms with van der Waals surface area (Å²) in [5.74, 6) is 0. The van der Waals surface area contributed by atoms with Crippen LogP contribution in [0.2, 0.25) is 5.02 Å². The number of hydrogen-bond acceptors (Lipinski definition) is 3. The Morgan fingerprint density at radius 2 is 2.12 bits per heavy atom. The van der Waals surface area contributed by atoms with Gasteiger partial charge in [-0.1, -0.05) is 29.8 Å². The van der Waals surface area contributed by atoms with E-state index in [0.717, 1.165) is 30.8 Å². The second-order valence-electron chi connectivity index (χ2n) is 4.23. The van der Waals surface area contributed by atoms with Gasteiger partial charge in [-0.05, 0) is 37.4 Å². The summed E-state index contributed by atoms with van der Waals surface area (Å²) in [5.41, 5.74) is 13.3. The fourth-order valence-electron chi connectivity index (χ4n) is 2.14. The predicted octanol–water partition coefficient (Wildman–Crippen LogP) is 1.99. The number of hydrogen-bond donors (Lipinski definition) is 3. The van der Waals surface area contributed by atoms with Gasteiger partial charge in [0.05, 0.1) is 0 Å². The van der Waals surface area contributed by atoms with Gasteiger partial charge in [0.15, 0.2) is 0 Å². The zero-order valence-electron chi connectivity index (χ0n) is 9.25. The summed E-state index contributed by atoms with van der Waals surface area (Å²) in [6.07, 6.45) is 3.25. The average molecular weight is 240 g/mol. The van der Waals surface area contributed by atoms with Crippen molar-refractivity contribution in [1.82, 2.24) is 10.9 Å². The van der Waals surface area contributed by atoms with Gasteiger partial charge in [-0.3, -0.25) is 5.43 Å². The Labute approximate surface area is 101 Å². The van der Waals surface area contributed by atoms with Gasteiger partial charge < -0.3 is 5.73 Å². The minimum absolute atomic E-state index is 0.316. The SMILES string of the molecule is NCCCC1CC(c2ccccc2Cl)NN1. The first-order chi connectivity index (χ1) is 7.81. The van der Waals surface area contributed by atoms with Crippen molar-refractivity contribution in [2.45, 2.75) is 31.3 Å². The summed E-state index contributed by atoms with van der Waals surface area (Å²) < 4.78 is 0. The fraction of sp³-hybridized carbons (Fsp3) is 0.500. The molecule has 0 aliphatic carbocycles. The largest absolute Gasteiger partial charge is 0.330 e. The normalized spacial score (nSPS) is 24.9. The maximum absolute atomic E-state index is 6.17. The van der Waals surface area contributed by atoms with E-state index in [-0.39, 0.29) is 0 Å². The lowest BCUT2D eigenvalue weighted by molar-refractivity contribution is 0.505. The number of hydrazine groups is 1. The van der Waals surface area contributed by atoms with E-state index in [2.05, 4.69) is 16.9 Å². The summed E-state index contributed by atoms with van der Waals surface area (Å²) in [5, 5.41) is 0.835. The number of nitrogens with one attached hydrogen (secondary N) is 2. The zero-order chi connectivity index (χ0) is 11.4. The van der Waals surface area contributed by atoms with E-state index in [4.69, 9.17) is 17.3 Å². The topological polar surface area (TPSA) is 50.1 Å². The Morgan fingerprint density at radius 1 is 1.31 bits per heavy atom. The monoisotopic (exact) mass is 239 g/mol. The molecule has 1 aromatic rings. The highest BCUT2D eigenvalue weighted by Gasteiger charge is 2.25. The van der Waals surface area contributed by atoms with Crippen LogP contribution >= 0.6 is 11.6 Å². The Balaban J connectivity index is 1.96. The van der Waals surface area contributed by atoms with Crippen molar-refractivity contribution in [3.63, 3.8) is 0 Å². The lowest BCUT2D eigenvalue weighted by Gasteiger charge is -2.11. The first-order valence-corrected chi connectivity index (χ1v) is 6.14. The van der Waals surface area contributed by atoms with Crippen LogP contribution in [0.1, 0.15) is 30.9 Å². The molecule has 0 bridgehead atoms. The lowest BCUT2D eigenvalue weighted by atomic mass is 10.00. The minimum Gasteiger partial charge on any atom is -0.330 e. The van der Waals surface area contributed by atoms with E-state index in [1.165, 1.54) is 5.56 Å². The van der Waals surface area contributed by atoms with Crippen LogP contribution in [0.25, 0.3) is 0 Å². The van der Waals surface area contributed by atoms with Crippen LogP contribution in [0.3, 0.4) is 0 Å². The molecule has 2 unspecified atom stereocenters. The lowest BCUT2D eigenvalue weighted by Crippen LogP contribution is -2.31. The maximum Gasteiger partial charge on any atom is 0.0492 e. The molecule has 4 N–H and O–H groups in total. The Bertz CT molecular complexity index is 343. The molecule has 4 heteroatoms. The first-order valence-electron chi connectivity index (χ1n) is 5.77. The second kappa shape index (κ2) is 5.64. The van der Waals surface area contributed by atoms with Crippen LogP contribution in [-0.4, -0.2) is 12.6 Å². The van der Waals surface area contributed by atoms with Crippen molar-refractivity contribution in [3.8, 4) is 0 Å². The van der Waals surface area contributed by atoms with Crippen molar-refractivity contribution in [2.75, 3.05) is 6.54 Å². The van der Waals surface area contributed by atoms with E-state index in [0.29, 0.717) is 12.1 Å². The van der Waals surface area contributed by atoms with Gasteiger partial charge in [0.1, 0.15) is 0 Å². The van der Waals surface area contributed by atoms with E-state index in [9.17, 15) is 0 Å². The molecule has 0 spiro atoms. The van der Waals surface area contributed by atoms with Gasteiger partial charge in [-0.25, -0.2) is 5.43 Å². The molecule has 16 heavy (non-hydrogen) atoms. The Morgan fingerprint density at radius 3 is 2.88 bits per heavy atom. The molecule has 1 aliphatic rings. The number of benzene rings is 1. The van der Waals surface area contributed by atoms with Crippen molar-refractivity contribution in [2.24, 2.45) is 5.73 Å². The highest BCUT2D eigenvalue weighted by Crippen LogP contribution is 2.29. The molecule has 1 heterocycles. The number of halogens is 1. The van der Waals surface area contributed by atoms with E-state index < -0.39 is 0 Å².